The number of fused-ring (bicyclic) bond motifs is 1. The number of anilines is 1. The van der Waals surface area contributed by atoms with E-state index in [-0.39, 0.29) is 5.91 Å². The number of H-pyrrole nitrogens is 1. The number of ether oxygens (including phenoxy) is 1. The summed E-state index contributed by atoms with van der Waals surface area (Å²) >= 11 is 0. The van der Waals surface area contributed by atoms with Crippen molar-refractivity contribution in [2.75, 3.05) is 5.32 Å². The molecule has 0 bridgehead atoms. The molecular formula is C20H18N4O3. The van der Waals surface area contributed by atoms with Gasteiger partial charge in [0, 0.05) is 10.9 Å². The summed E-state index contributed by atoms with van der Waals surface area (Å²) in [6.07, 6.45) is 1.72. The van der Waals surface area contributed by atoms with Crippen LogP contribution in [-0.2, 0) is 6.61 Å². The lowest BCUT2D eigenvalue weighted by Gasteiger charge is -2.09. The molecule has 0 saturated heterocycles. The van der Waals surface area contributed by atoms with Crippen LogP contribution in [0.2, 0.25) is 0 Å². The zero-order valence-electron chi connectivity index (χ0n) is 14.9. The molecule has 1 amide bonds. The summed E-state index contributed by atoms with van der Waals surface area (Å²) in [4.78, 5) is 12.6. The quantitative estimate of drug-likeness (QED) is 0.560. The molecule has 0 unspecified atom stereocenters. The van der Waals surface area contributed by atoms with Crippen molar-refractivity contribution in [1.82, 2.24) is 15.4 Å². The Hall–Kier alpha value is -3.61. The van der Waals surface area contributed by atoms with Crippen molar-refractivity contribution in [3.63, 3.8) is 0 Å². The molecule has 4 rings (SSSR count). The molecule has 0 atom stereocenters. The second-order valence-electron chi connectivity index (χ2n) is 6.21. The Labute approximate surface area is 155 Å². The van der Waals surface area contributed by atoms with Gasteiger partial charge in [0.25, 0.3) is 5.91 Å². The van der Waals surface area contributed by atoms with Gasteiger partial charge in [-0.05, 0) is 38.1 Å². The third-order valence-corrected chi connectivity index (χ3v) is 4.39. The molecule has 2 heterocycles. The van der Waals surface area contributed by atoms with Gasteiger partial charge in [0.05, 0.1) is 28.7 Å². The molecule has 7 heteroatoms. The molecule has 0 aliphatic heterocycles. The van der Waals surface area contributed by atoms with Crippen molar-refractivity contribution in [3.05, 3.63) is 71.2 Å². The van der Waals surface area contributed by atoms with Gasteiger partial charge in [-0.2, -0.15) is 5.10 Å². The van der Waals surface area contributed by atoms with Gasteiger partial charge in [-0.25, -0.2) is 0 Å². The lowest BCUT2D eigenvalue weighted by molar-refractivity contribution is 0.102. The van der Waals surface area contributed by atoms with Crippen LogP contribution >= 0.6 is 0 Å². The number of benzene rings is 2. The van der Waals surface area contributed by atoms with Crippen LogP contribution in [0.15, 0.2) is 53.2 Å². The van der Waals surface area contributed by atoms with Crippen molar-refractivity contribution < 1.29 is 14.1 Å². The molecule has 0 fully saturated rings. The summed E-state index contributed by atoms with van der Waals surface area (Å²) in [5, 5.41) is 14.7. The van der Waals surface area contributed by atoms with Crippen LogP contribution in [0.25, 0.3) is 10.9 Å². The van der Waals surface area contributed by atoms with E-state index in [1.54, 1.807) is 24.4 Å². The average molecular weight is 362 g/mol. The number of nitrogens with zero attached hydrogens (tertiary/aromatic N) is 2. The van der Waals surface area contributed by atoms with E-state index < -0.39 is 0 Å². The Bertz CT molecular complexity index is 1090. The smallest absolute Gasteiger partial charge is 0.255 e. The van der Waals surface area contributed by atoms with Crippen LogP contribution in [0.5, 0.6) is 5.75 Å². The topological polar surface area (TPSA) is 93.0 Å². The maximum Gasteiger partial charge on any atom is 0.255 e. The molecule has 0 radical (unpaired) electrons. The number of amides is 1. The second kappa shape index (κ2) is 6.95. The molecule has 136 valence electrons. The summed E-state index contributed by atoms with van der Waals surface area (Å²) in [7, 11) is 0. The predicted molar refractivity (Wildman–Crippen MR) is 101 cm³/mol. The first-order valence-electron chi connectivity index (χ1n) is 8.50. The first kappa shape index (κ1) is 16.8. The van der Waals surface area contributed by atoms with Crippen LogP contribution in [0.1, 0.15) is 27.4 Å². The third kappa shape index (κ3) is 3.39. The van der Waals surface area contributed by atoms with Crippen molar-refractivity contribution in [1.29, 1.82) is 0 Å². The Morgan fingerprint density at radius 3 is 2.89 bits per heavy atom. The van der Waals surface area contributed by atoms with E-state index in [1.165, 1.54) is 0 Å². The molecule has 2 aromatic heterocycles. The Morgan fingerprint density at radius 2 is 2.07 bits per heavy atom. The molecule has 0 aliphatic carbocycles. The van der Waals surface area contributed by atoms with E-state index in [1.807, 2.05) is 38.1 Å². The summed E-state index contributed by atoms with van der Waals surface area (Å²) in [6, 6.07) is 12.7. The van der Waals surface area contributed by atoms with E-state index >= 15 is 0 Å². The third-order valence-electron chi connectivity index (χ3n) is 4.39. The zero-order valence-corrected chi connectivity index (χ0v) is 14.9. The number of aromatic amines is 1. The Morgan fingerprint density at radius 1 is 1.22 bits per heavy atom. The highest BCUT2D eigenvalue weighted by molar-refractivity contribution is 6.08. The molecule has 27 heavy (non-hydrogen) atoms. The summed E-state index contributed by atoms with van der Waals surface area (Å²) in [5.41, 5.74) is 3.68. The van der Waals surface area contributed by atoms with Crippen molar-refractivity contribution in [3.8, 4) is 5.75 Å². The first-order chi connectivity index (χ1) is 13.1. The first-order valence-corrected chi connectivity index (χ1v) is 8.50. The largest absolute Gasteiger partial charge is 0.489 e. The van der Waals surface area contributed by atoms with Gasteiger partial charge in [0.1, 0.15) is 18.1 Å². The second-order valence-corrected chi connectivity index (χ2v) is 6.21. The maximum atomic E-state index is 12.6. The predicted octanol–water partition coefficient (Wildman–Crippen LogP) is 4.00. The molecule has 4 aromatic rings. The van der Waals surface area contributed by atoms with Crippen LogP contribution in [0.4, 0.5) is 5.69 Å². The highest BCUT2D eigenvalue weighted by Crippen LogP contribution is 2.22. The molecule has 0 aliphatic rings. The van der Waals surface area contributed by atoms with E-state index in [2.05, 4.69) is 20.7 Å². The number of aromatic nitrogens is 3. The highest BCUT2D eigenvalue weighted by atomic mass is 16.5. The number of para-hydroxylation sites is 1. The highest BCUT2D eigenvalue weighted by Gasteiger charge is 2.12. The van der Waals surface area contributed by atoms with Gasteiger partial charge in [-0.3, -0.25) is 9.89 Å². The fourth-order valence-corrected chi connectivity index (χ4v) is 2.86. The number of hydrogen-bond donors (Lipinski definition) is 2. The standard InChI is InChI=1S/C20H18N4O3/c1-12-17(13(2)27-24-12)11-26-16-7-3-5-14(9-16)20(25)22-18-8-4-6-15-10-21-23-19(15)18/h3-10H,11H2,1-2H3,(H,21,23)(H,22,25). The number of aryl methyl sites for hydroxylation is 2. The number of hydrogen-bond acceptors (Lipinski definition) is 5. The number of carbonyl (C=O) groups excluding carboxylic acids is 1. The van der Waals surface area contributed by atoms with Gasteiger partial charge in [0.15, 0.2) is 0 Å². The normalized spacial score (nSPS) is 10.9. The molecule has 7 nitrogen and oxygen atoms in total. The van der Waals surface area contributed by atoms with Crippen molar-refractivity contribution in [2.45, 2.75) is 20.5 Å². The van der Waals surface area contributed by atoms with Gasteiger partial charge in [-0.15, -0.1) is 0 Å². The molecular weight excluding hydrogens is 344 g/mol. The zero-order chi connectivity index (χ0) is 18.8. The minimum absolute atomic E-state index is 0.222. The monoisotopic (exact) mass is 362 g/mol. The fourth-order valence-electron chi connectivity index (χ4n) is 2.86. The van der Waals surface area contributed by atoms with Crippen molar-refractivity contribution in [2.24, 2.45) is 0 Å². The molecule has 2 N–H and O–H groups in total. The van der Waals surface area contributed by atoms with Gasteiger partial charge in [0.2, 0.25) is 0 Å². The van der Waals surface area contributed by atoms with Gasteiger partial charge < -0.3 is 14.6 Å². The van der Waals surface area contributed by atoms with E-state index in [9.17, 15) is 4.79 Å². The average Bonchev–Trinajstić information content (AvgIpc) is 3.28. The van der Waals surface area contributed by atoms with E-state index in [0.717, 1.165) is 27.9 Å². The Balaban J connectivity index is 1.50. The molecule has 0 saturated carbocycles. The van der Waals surface area contributed by atoms with Crippen LogP contribution in [0, 0.1) is 13.8 Å². The number of carbonyl (C=O) groups is 1. The van der Waals surface area contributed by atoms with Crippen molar-refractivity contribution >= 4 is 22.5 Å². The minimum Gasteiger partial charge on any atom is -0.489 e. The SMILES string of the molecule is Cc1noc(C)c1COc1cccc(C(=O)Nc2cccc3cn[nH]c23)c1. The fraction of sp³-hybridized carbons (Fsp3) is 0.150. The van der Waals surface area contributed by atoms with Crippen LogP contribution in [-0.4, -0.2) is 21.3 Å². The number of rotatable bonds is 5. The van der Waals surface area contributed by atoms with Crippen LogP contribution < -0.4 is 10.1 Å². The van der Waals surface area contributed by atoms with E-state index in [0.29, 0.717) is 23.6 Å². The lowest BCUT2D eigenvalue weighted by Crippen LogP contribution is -2.12. The summed E-state index contributed by atoms with van der Waals surface area (Å²) in [6.45, 7) is 4.05. The lowest BCUT2D eigenvalue weighted by atomic mass is 10.1. The van der Waals surface area contributed by atoms with Gasteiger partial charge >= 0.3 is 0 Å². The molecule has 0 spiro atoms. The maximum absolute atomic E-state index is 12.6. The minimum atomic E-state index is -0.222. The summed E-state index contributed by atoms with van der Waals surface area (Å²) in [5.74, 6) is 1.11. The Kier molecular flexibility index (Phi) is 4.33. The number of nitrogens with one attached hydrogen (secondary N) is 2. The summed E-state index contributed by atoms with van der Waals surface area (Å²) < 4.78 is 11.0. The molecule has 2 aromatic carbocycles. The van der Waals surface area contributed by atoms with E-state index in [4.69, 9.17) is 9.26 Å². The van der Waals surface area contributed by atoms with Crippen LogP contribution in [0.3, 0.4) is 0 Å². The van der Waals surface area contributed by atoms with Gasteiger partial charge in [-0.1, -0.05) is 23.4 Å².